The summed E-state index contributed by atoms with van der Waals surface area (Å²) in [4.78, 5) is 27.7. The summed E-state index contributed by atoms with van der Waals surface area (Å²) in [6, 6.07) is 2.76. The SMILES string of the molecule is O=C(O)COc1cc(Cl)c(Cl)cc1Cl.O=P(O)(O)C1CCCCC1. The fourth-order valence-electron chi connectivity index (χ4n) is 2.17. The number of halogens is 3. The van der Waals surface area contributed by atoms with Crippen molar-refractivity contribution in [1.29, 1.82) is 0 Å². The maximum absolute atomic E-state index is 10.7. The summed E-state index contributed by atoms with van der Waals surface area (Å²) < 4.78 is 15.5. The minimum atomic E-state index is -3.74. The van der Waals surface area contributed by atoms with E-state index < -0.39 is 20.2 Å². The second-order valence-electron chi connectivity index (χ2n) is 5.26. The van der Waals surface area contributed by atoms with Crippen molar-refractivity contribution in [3.63, 3.8) is 0 Å². The molecule has 6 nitrogen and oxygen atoms in total. The highest BCUT2D eigenvalue weighted by Gasteiger charge is 2.29. The summed E-state index contributed by atoms with van der Waals surface area (Å²) in [6.07, 6.45) is 4.52. The molecule has 1 fully saturated rings. The second-order valence-corrected chi connectivity index (χ2v) is 8.39. The molecule has 0 aliphatic heterocycles. The number of hydrogen-bond donors (Lipinski definition) is 3. The van der Waals surface area contributed by atoms with Gasteiger partial charge in [-0.05, 0) is 18.9 Å². The topological polar surface area (TPSA) is 104 Å². The van der Waals surface area contributed by atoms with Gasteiger partial charge in [0.25, 0.3) is 0 Å². The van der Waals surface area contributed by atoms with Crippen molar-refractivity contribution in [2.45, 2.75) is 37.8 Å². The van der Waals surface area contributed by atoms with Crippen LogP contribution in [0, 0.1) is 0 Å². The summed E-state index contributed by atoms with van der Waals surface area (Å²) in [6.45, 7) is -0.475. The first kappa shape index (κ1) is 21.6. The van der Waals surface area contributed by atoms with Gasteiger partial charge in [0.05, 0.1) is 20.7 Å². The molecule has 1 aromatic carbocycles. The third-order valence-corrected chi connectivity index (χ3v) is 5.86. The summed E-state index contributed by atoms with van der Waals surface area (Å²) in [5.74, 6) is -0.893. The van der Waals surface area contributed by atoms with Crippen molar-refractivity contribution >= 4 is 48.4 Å². The molecule has 3 N–H and O–H groups in total. The Hall–Kier alpha value is -0.490. The van der Waals surface area contributed by atoms with E-state index in [1.165, 1.54) is 12.1 Å². The Balaban J connectivity index is 0.000000254. The zero-order valence-electron chi connectivity index (χ0n) is 12.6. The lowest BCUT2D eigenvalue weighted by Crippen LogP contribution is -2.12. The third-order valence-electron chi connectivity index (χ3n) is 3.38. The van der Waals surface area contributed by atoms with E-state index in [0.29, 0.717) is 17.9 Å². The van der Waals surface area contributed by atoms with Crippen molar-refractivity contribution in [1.82, 2.24) is 0 Å². The van der Waals surface area contributed by atoms with E-state index >= 15 is 0 Å². The lowest BCUT2D eigenvalue weighted by molar-refractivity contribution is -0.139. The van der Waals surface area contributed by atoms with E-state index in [9.17, 15) is 9.36 Å². The molecule has 0 spiro atoms. The smallest absolute Gasteiger partial charge is 0.341 e. The Morgan fingerprint density at radius 2 is 1.62 bits per heavy atom. The van der Waals surface area contributed by atoms with Crippen LogP contribution in [-0.4, -0.2) is 33.1 Å². The van der Waals surface area contributed by atoms with E-state index in [1.807, 2.05) is 0 Å². The number of ether oxygens (including phenoxy) is 1. The van der Waals surface area contributed by atoms with Gasteiger partial charge >= 0.3 is 13.6 Å². The molecule has 136 valence electrons. The molecule has 2 rings (SSSR count). The summed E-state index contributed by atoms with van der Waals surface area (Å²) in [5, 5.41) is 9.14. The molecule has 0 saturated heterocycles. The summed E-state index contributed by atoms with van der Waals surface area (Å²) in [5.41, 5.74) is -0.332. The Morgan fingerprint density at radius 1 is 1.08 bits per heavy atom. The molecule has 10 heteroatoms. The van der Waals surface area contributed by atoms with Crippen molar-refractivity contribution in [3.8, 4) is 5.75 Å². The van der Waals surface area contributed by atoms with Crippen LogP contribution in [0.2, 0.25) is 15.1 Å². The van der Waals surface area contributed by atoms with Gasteiger partial charge in [-0.3, -0.25) is 4.57 Å². The van der Waals surface area contributed by atoms with Gasteiger partial charge in [-0.15, -0.1) is 0 Å². The highest BCUT2D eigenvalue weighted by atomic mass is 35.5. The molecule has 1 aliphatic carbocycles. The van der Waals surface area contributed by atoms with E-state index in [0.717, 1.165) is 19.3 Å². The van der Waals surface area contributed by atoms with Crippen LogP contribution in [0.15, 0.2) is 12.1 Å². The average molecular weight is 420 g/mol. The molecule has 0 bridgehead atoms. The highest BCUT2D eigenvalue weighted by Crippen LogP contribution is 2.47. The largest absolute Gasteiger partial charge is 0.480 e. The quantitative estimate of drug-likeness (QED) is 0.486. The van der Waals surface area contributed by atoms with E-state index in [-0.39, 0.29) is 21.5 Å². The standard InChI is InChI=1S/C8H5Cl3O3.C6H13O3P/c9-4-1-6(11)7(2-5(4)10)14-3-8(12)13;7-10(8,9)6-4-2-1-3-5-6/h1-2H,3H2,(H,12,13);6H,1-5H2,(H2,7,8,9). The molecule has 0 radical (unpaired) electrons. The van der Waals surface area contributed by atoms with Crippen molar-refractivity contribution in [2.75, 3.05) is 6.61 Å². The number of rotatable bonds is 4. The number of benzene rings is 1. The van der Waals surface area contributed by atoms with Gasteiger partial charge < -0.3 is 19.6 Å². The lowest BCUT2D eigenvalue weighted by Gasteiger charge is -2.21. The molecule has 1 saturated carbocycles. The molecule has 1 aliphatic rings. The van der Waals surface area contributed by atoms with E-state index in [2.05, 4.69) is 0 Å². The molecule has 1 aromatic rings. The van der Waals surface area contributed by atoms with Gasteiger partial charge in [-0.1, -0.05) is 54.1 Å². The van der Waals surface area contributed by atoms with Crippen LogP contribution in [-0.2, 0) is 9.36 Å². The zero-order valence-corrected chi connectivity index (χ0v) is 15.8. The van der Waals surface area contributed by atoms with Crippen molar-refractivity contribution < 1.29 is 29.0 Å². The first-order chi connectivity index (χ1) is 11.1. The molecule has 0 heterocycles. The fourth-order valence-corrected chi connectivity index (χ4v) is 3.80. The molecule has 24 heavy (non-hydrogen) atoms. The van der Waals surface area contributed by atoms with Crippen molar-refractivity contribution in [3.05, 3.63) is 27.2 Å². The van der Waals surface area contributed by atoms with Crippen LogP contribution in [0.25, 0.3) is 0 Å². The molecule has 0 atom stereocenters. The maximum atomic E-state index is 10.7. The Bertz CT molecular complexity index is 613. The average Bonchev–Trinajstić information content (AvgIpc) is 2.50. The van der Waals surface area contributed by atoms with E-state index in [1.54, 1.807) is 0 Å². The number of carboxylic acid groups (broad SMARTS) is 1. The summed E-state index contributed by atoms with van der Waals surface area (Å²) in [7, 11) is -3.74. The first-order valence-corrected chi connectivity index (χ1v) is 9.97. The normalized spacial score (nSPS) is 15.4. The molecule has 0 amide bonds. The first-order valence-electron chi connectivity index (χ1n) is 7.15. The zero-order chi connectivity index (χ0) is 18.3. The third kappa shape index (κ3) is 7.60. The van der Waals surface area contributed by atoms with Gasteiger partial charge in [0.1, 0.15) is 5.75 Å². The molecular weight excluding hydrogens is 401 g/mol. The van der Waals surface area contributed by atoms with E-state index in [4.69, 9.17) is 54.4 Å². The van der Waals surface area contributed by atoms with Crippen LogP contribution in [0.5, 0.6) is 5.75 Å². The Morgan fingerprint density at radius 3 is 2.08 bits per heavy atom. The van der Waals surface area contributed by atoms with Gasteiger partial charge in [0.2, 0.25) is 0 Å². The predicted octanol–water partition coefficient (Wildman–Crippen LogP) is 4.61. The number of carboxylic acids is 1. The van der Waals surface area contributed by atoms with Gasteiger partial charge in [0.15, 0.2) is 6.61 Å². The number of carbonyl (C=O) groups is 1. The van der Waals surface area contributed by atoms with Crippen LogP contribution in [0.4, 0.5) is 0 Å². The monoisotopic (exact) mass is 418 g/mol. The highest BCUT2D eigenvalue weighted by molar-refractivity contribution is 7.52. The predicted molar refractivity (Wildman–Crippen MR) is 93.5 cm³/mol. The van der Waals surface area contributed by atoms with Gasteiger partial charge in [-0.25, -0.2) is 4.79 Å². The molecular formula is C14H18Cl3O6P. The number of aliphatic carboxylic acids is 1. The minimum Gasteiger partial charge on any atom is -0.480 e. The van der Waals surface area contributed by atoms with Crippen LogP contribution < -0.4 is 4.74 Å². The summed E-state index contributed by atoms with van der Waals surface area (Å²) >= 11 is 17.1. The Kier molecular flexibility index (Phi) is 8.85. The Labute approximate surface area is 154 Å². The van der Waals surface area contributed by atoms with Crippen LogP contribution in [0.3, 0.4) is 0 Å². The number of hydrogen-bond acceptors (Lipinski definition) is 3. The fraction of sp³-hybridized carbons (Fsp3) is 0.500. The van der Waals surface area contributed by atoms with Gasteiger partial charge in [-0.2, -0.15) is 0 Å². The van der Waals surface area contributed by atoms with Crippen molar-refractivity contribution in [2.24, 2.45) is 0 Å². The lowest BCUT2D eigenvalue weighted by atomic mass is 10.0. The minimum absolute atomic E-state index is 0.198. The van der Waals surface area contributed by atoms with Gasteiger partial charge in [0, 0.05) is 6.07 Å². The molecule has 0 aromatic heterocycles. The maximum Gasteiger partial charge on any atom is 0.341 e. The van der Waals surface area contributed by atoms with Crippen LogP contribution >= 0.6 is 42.4 Å². The second kappa shape index (κ2) is 9.85. The molecule has 0 unspecified atom stereocenters. The van der Waals surface area contributed by atoms with Crippen LogP contribution in [0.1, 0.15) is 32.1 Å².